The molecule has 0 atom stereocenters. The molecule has 0 spiro atoms. The van der Waals surface area contributed by atoms with Crippen LogP contribution in [-0.4, -0.2) is 16.5 Å². The van der Waals surface area contributed by atoms with Gasteiger partial charge >= 0.3 is 0 Å². The van der Waals surface area contributed by atoms with Crippen molar-refractivity contribution in [2.75, 3.05) is 0 Å². The van der Waals surface area contributed by atoms with Gasteiger partial charge in [0.25, 0.3) is 0 Å². The maximum absolute atomic E-state index is 11.2. The van der Waals surface area contributed by atoms with Crippen LogP contribution in [0.4, 0.5) is 0 Å². The van der Waals surface area contributed by atoms with E-state index in [0.717, 1.165) is 12.8 Å². The molecule has 0 aromatic carbocycles. The molecule has 0 aliphatic heterocycles. The first-order valence-corrected chi connectivity index (χ1v) is 5.33. The van der Waals surface area contributed by atoms with Crippen LogP contribution in [0, 0.1) is 5.21 Å². The fourth-order valence-corrected chi connectivity index (χ4v) is 0.518. The molecule has 0 heterocycles. The predicted octanol–water partition coefficient (Wildman–Crippen LogP) is 2.53. The van der Waals surface area contributed by atoms with Gasteiger partial charge in [-0.15, -0.1) is 5.39 Å². The summed E-state index contributed by atoms with van der Waals surface area (Å²) in [5.74, 6) is 0. The van der Waals surface area contributed by atoms with E-state index < -0.39 is 5.60 Å². The zero-order chi connectivity index (χ0) is 12.1. The Labute approximate surface area is 92.2 Å². The smallest absolute Gasteiger partial charge is 0.0857 e. The molecule has 0 aromatic rings. The first-order chi connectivity index (χ1) is 6.72. The molecule has 0 rings (SSSR count). The highest BCUT2D eigenvalue weighted by Gasteiger charge is 2.19. The van der Waals surface area contributed by atoms with Gasteiger partial charge in [-0.25, -0.2) is 0 Å². The lowest BCUT2D eigenvalue weighted by Crippen LogP contribution is -2.44. The average Bonchev–Trinajstić information content (AvgIpc) is 2.15. The lowest BCUT2D eigenvalue weighted by Gasteiger charge is -2.36. The van der Waals surface area contributed by atoms with Crippen molar-refractivity contribution >= 4 is 0 Å². The molecule has 92 valence electrons. The first kappa shape index (κ1) is 14.8. The molecule has 0 aliphatic carbocycles. The van der Waals surface area contributed by atoms with Gasteiger partial charge in [-0.3, -0.25) is 4.84 Å². The summed E-state index contributed by atoms with van der Waals surface area (Å²) in [6.07, 6.45) is 1.57. The predicted molar refractivity (Wildman–Crippen MR) is 59.3 cm³/mol. The molecule has 5 heteroatoms. The molecule has 0 bridgehead atoms. The number of hydrogen-bond donors (Lipinski definition) is 1. The molecule has 1 N–H and O–H groups in total. The summed E-state index contributed by atoms with van der Waals surface area (Å²) in [5, 5.41) is 11.3. The minimum Gasteiger partial charge on any atom is -0.736 e. The third kappa shape index (κ3) is 6.81. The largest absolute Gasteiger partial charge is 0.736 e. The summed E-state index contributed by atoms with van der Waals surface area (Å²) >= 11 is 0. The third-order valence-electron chi connectivity index (χ3n) is 2.45. The molecule has 15 heavy (non-hydrogen) atoms. The molecular formula is C10H23N2O3-. The van der Waals surface area contributed by atoms with Crippen LogP contribution in [0.1, 0.15) is 54.4 Å². The highest BCUT2D eigenvalue weighted by Crippen LogP contribution is 2.15. The van der Waals surface area contributed by atoms with Gasteiger partial charge < -0.3 is 5.21 Å². The van der Waals surface area contributed by atoms with Gasteiger partial charge in [-0.1, -0.05) is 13.8 Å². The molecule has 0 saturated heterocycles. The number of nitrogens with zero attached hydrogens (tertiary/aromatic N) is 1. The Kier molecular flexibility index (Phi) is 5.69. The first-order valence-electron chi connectivity index (χ1n) is 5.33. The van der Waals surface area contributed by atoms with Crippen LogP contribution in [-0.2, 0) is 9.78 Å². The summed E-state index contributed by atoms with van der Waals surface area (Å²) < 4.78 is 0. The quantitative estimate of drug-likeness (QED) is 0.667. The highest BCUT2D eigenvalue weighted by atomic mass is 17.2. The normalized spacial score (nSPS) is 13.6. The van der Waals surface area contributed by atoms with Crippen molar-refractivity contribution in [3.63, 3.8) is 0 Å². The van der Waals surface area contributed by atoms with Crippen LogP contribution >= 0.6 is 0 Å². The number of hydroxylamine groups is 1. The second kappa shape index (κ2) is 5.77. The van der Waals surface area contributed by atoms with E-state index in [0.29, 0.717) is 0 Å². The number of rotatable bonds is 7. The summed E-state index contributed by atoms with van der Waals surface area (Å²) in [5.41, 5.74) is 1.88. The minimum absolute atomic E-state index is 0.126. The van der Waals surface area contributed by atoms with Gasteiger partial charge in [0.2, 0.25) is 0 Å². The third-order valence-corrected chi connectivity index (χ3v) is 2.45. The molecule has 0 radical (unpaired) electrons. The van der Waals surface area contributed by atoms with Crippen LogP contribution in [0.3, 0.4) is 0 Å². The van der Waals surface area contributed by atoms with E-state index in [1.165, 1.54) is 0 Å². The van der Waals surface area contributed by atoms with Crippen molar-refractivity contribution in [1.29, 1.82) is 0 Å². The average molecular weight is 219 g/mol. The van der Waals surface area contributed by atoms with Gasteiger partial charge in [-0.05, 0) is 40.5 Å². The van der Waals surface area contributed by atoms with Gasteiger partial charge in [0, 0.05) is 5.54 Å². The van der Waals surface area contributed by atoms with E-state index in [1.54, 1.807) is 0 Å². The Morgan fingerprint density at radius 3 is 2.07 bits per heavy atom. The van der Waals surface area contributed by atoms with E-state index in [4.69, 9.17) is 9.78 Å². The van der Waals surface area contributed by atoms with Gasteiger partial charge in [0.05, 0.1) is 5.60 Å². The number of hydrogen-bond acceptors (Lipinski definition) is 5. The van der Waals surface area contributed by atoms with Crippen LogP contribution in [0.5, 0.6) is 0 Å². The van der Waals surface area contributed by atoms with Crippen LogP contribution in [0.15, 0.2) is 0 Å². The topological polar surface area (TPSA) is 56.8 Å². The molecule has 0 aliphatic rings. The molecule has 0 aromatic heterocycles. The summed E-state index contributed by atoms with van der Waals surface area (Å²) in [6.45, 7) is 11.5. The van der Waals surface area contributed by atoms with E-state index in [9.17, 15) is 5.21 Å². The molecule has 0 saturated carbocycles. The Balaban J connectivity index is 3.90. The zero-order valence-corrected chi connectivity index (χ0v) is 10.6. The van der Waals surface area contributed by atoms with Crippen molar-refractivity contribution in [3.05, 3.63) is 5.21 Å². The lowest BCUT2D eigenvalue weighted by molar-refractivity contribution is -0.405. The van der Waals surface area contributed by atoms with E-state index in [2.05, 4.69) is 5.48 Å². The van der Waals surface area contributed by atoms with E-state index >= 15 is 0 Å². The summed E-state index contributed by atoms with van der Waals surface area (Å²) in [4.78, 5) is 9.76. The van der Waals surface area contributed by atoms with E-state index in [-0.39, 0.29) is 10.9 Å². The highest BCUT2D eigenvalue weighted by molar-refractivity contribution is 4.69. The van der Waals surface area contributed by atoms with Gasteiger partial charge in [0.1, 0.15) is 0 Å². The monoisotopic (exact) mass is 219 g/mol. The van der Waals surface area contributed by atoms with Crippen molar-refractivity contribution in [2.45, 2.75) is 65.5 Å². The Bertz CT molecular complexity index is 184. The Hall–Kier alpha value is -0.200. The second-order valence-corrected chi connectivity index (χ2v) is 4.86. The van der Waals surface area contributed by atoms with Gasteiger partial charge in [-0.2, -0.15) is 10.4 Å². The lowest BCUT2D eigenvalue weighted by atomic mass is 10.0. The van der Waals surface area contributed by atoms with Crippen LogP contribution < -0.4 is 5.48 Å². The molecule has 0 unspecified atom stereocenters. The maximum Gasteiger partial charge on any atom is 0.0857 e. The van der Waals surface area contributed by atoms with Crippen LogP contribution in [0.25, 0.3) is 0 Å². The molecule has 0 fully saturated rings. The summed E-state index contributed by atoms with van der Waals surface area (Å²) in [6, 6.07) is 0. The maximum atomic E-state index is 11.2. The standard InChI is InChI=1S/C10H23N2O3/c1-7-9(3,4)11-15-12(13)14-10(5,6)8-2/h11H,7-8H2,1-6H3/q-1. The fraction of sp³-hybridized carbons (Fsp3) is 1.00. The van der Waals surface area contributed by atoms with Crippen molar-refractivity contribution < 1.29 is 9.78 Å². The fourth-order valence-electron chi connectivity index (χ4n) is 0.518. The van der Waals surface area contributed by atoms with Crippen LogP contribution in [0.2, 0.25) is 0 Å². The molecule has 5 nitrogen and oxygen atoms in total. The minimum atomic E-state index is -0.514. The SMILES string of the molecule is CCC(C)(C)NON([O-])OC(C)(C)CC. The zero-order valence-electron chi connectivity index (χ0n) is 10.6. The Morgan fingerprint density at radius 1 is 1.13 bits per heavy atom. The van der Waals surface area contributed by atoms with E-state index in [1.807, 2.05) is 41.5 Å². The van der Waals surface area contributed by atoms with Crippen molar-refractivity contribution in [2.24, 2.45) is 0 Å². The Morgan fingerprint density at radius 2 is 1.67 bits per heavy atom. The van der Waals surface area contributed by atoms with Gasteiger partial charge in [0.15, 0.2) is 0 Å². The number of nitrogens with one attached hydrogen (secondary N) is 1. The van der Waals surface area contributed by atoms with Crippen molar-refractivity contribution in [1.82, 2.24) is 10.9 Å². The summed E-state index contributed by atoms with van der Waals surface area (Å²) in [7, 11) is 0. The second-order valence-electron chi connectivity index (χ2n) is 4.86. The van der Waals surface area contributed by atoms with Crippen molar-refractivity contribution in [3.8, 4) is 0 Å². The molecular weight excluding hydrogens is 196 g/mol. The molecule has 0 amide bonds.